The number of hydrogen-bond donors (Lipinski definition) is 3. The number of fused-ring (bicyclic) bond motifs is 2. The number of H-pyrrole nitrogens is 1. The molecule has 0 saturated heterocycles. The van der Waals surface area contributed by atoms with Crippen LogP contribution >= 0.6 is 23.2 Å². The molecular weight excluding hydrogens is 535 g/mol. The Morgan fingerprint density at radius 2 is 1.90 bits per heavy atom. The Morgan fingerprint density at radius 1 is 1.13 bits per heavy atom. The van der Waals surface area contributed by atoms with Crippen LogP contribution in [0.25, 0.3) is 21.8 Å². The van der Waals surface area contributed by atoms with E-state index < -0.39 is 5.97 Å². The fourth-order valence-electron chi connectivity index (χ4n) is 5.43. The minimum Gasteiger partial charge on any atom is -0.461 e. The summed E-state index contributed by atoms with van der Waals surface area (Å²) in [5, 5.41) is 10.0. The molecule has 1 aliphatic carbocycles. The van der Waals surface area contributed by atoms with Gasteiger partial charge in [-0.25, -0.2) is 9.78 Å². The number of carbonyl (C=O) groups is 1. The summed E-state index contributed by atoms with van der Waals surface area (Å²) in [5.74, 6) is 1.75. The highest BCUT2D eigenvalue weighted by Crippen LogP contribution is 2.33. The van der Waals surface area contributed by atoms with E-state index in [1.54, 1.807) is 19.1 Å². The van der Waals surface area contributed by atoms with E-state index in [9.17, 15) is 4.79 Å². The van der Waals surface area contributed by atoms with Gasteiger partial charge in [0.2, 0.25) is 5.95 Å². The third kappa shape index (κ3) is 6.08. The first kappa shape index (κ1) is 27.5. The third-order valence-electron chi connectivity index (χ3n) is 7.32. The minimum atomic E-state index is -0.391. The van der Waals surface area contributed by atoms with Gasteiger partial charge in [0.25, 0.3) is 0 Å². The van der Waals surface area contributed by atoms with Crippen LogP contribution in [0.4, 0.5) is 11.8 Å². The van der Waals surface area contributed by atoms with E-state index in [0.717, 1.165) is 65.4 Å². The fraction of sp³-hybridized carbons (Fsp3) is 0.414. The van der Waals surface area contributed by atoms with E-state index in [0.29, 0.717) is 46.8 Å². The van der Waals surface area contributed by atoms with Gasteiger partial charge in [-0.05, 0) is 69.3 Å². The van der Waals surface area contributed by atoms with Gasteiger partial charge in [0.1, 0.15) is 11.5 Å². The van der Waals surface area contributed by atoms with Crippen molar-refractivity contribution in [3.05, 3.63) is 57.7 Å². The summed E-state index contributed by atoms with van der Waals surface area (Å²) in [7, 11) is 4.01. The van der Waals surface area contributed by atoms with Crippen molar-refractivity contribution in [3.8, 4) is 0 Å². The smallest absolute Gasteiger partial charge is 0.355 e. The Kier molecular flexibility index (Phi) is 8.45. The van der Waals surface area contributed by atoms with Gasteiger partial charge in [0, 0.05) is 53.6 Å². The number of benzene rings is 2. The number of halogens is 2. The Morgan fingerprint density at radius 3 is 2.64 bits per heavy atom. The molecule has 0 amide bonds. The van der Waals surface area contributed by atoms with Crippen LogP contribution in [0, 0.1) is 5.92 Å². The van der Waals surface area contributed by atoms with Gasteiger partial charge < -0.3 is 25.3 Å². The van der Waals surface area contributed by atoms with Crippen molar-refractivity contribution in [2.24, 2.45) is 5.92 Å². The number of nitrogens with one attached hydrogen (secondary N) is 3. The summed E-state index contributed by atoms with van der Waals surface area (Å²) in [6, 6.07) is 11.9. The SMILES string of the molecule is CCOC(=O)c1[nH]c2cc(Cl)cc(Cl)c2c1CNCC1CCC(Nc2nc(N(C)C)c3ccccc3n2)CC1. The van der Waals surface area contributed by atoms with Gasteiger partial charge in [-0.2, -0.15) is 4.98 Å². The second-order valence-corrected chi connectivity index (χ2v) is 11.1. The summed E-state index contributed by atoms with van der Waals surface area (Å²) in [6.07, 6.45) is 4.28. The van der Waals surface area contributed by atoms with E-state index in [-0.39, 0.29) is 0 Å². The highest BCUT2D eigenvalue weighted by molar-refractivity contribution is 6.39. The van der Waals surface area contributed by atoms with Crippen molar-refractivity contribution in [1.29, 1.82) is 0 Å². The molecule has 0 aliphatic heterocycles. The normalized spacial score (nSPS) is 17.5. The number of aromatic amines is 1. The highest BCUT2D eigenvalue weighted by Gasteiger charge is 2.24. The zero-order chi connectivity index (χ0) is 27.5. The third-order valence-corrected chi connectivity index (χ3v) is 7.84. The van der Waals surface area contributed by atoms with Gasteiger partial charge >= 0.3 is 5.97 Å². The molecule has 4 aromatic rings. The van der Waals surface area contributed by atoms with Crippen LogP contribution in [0.1, 0.15) is 48.7 Å². The lowest BCUT2D eigenvalue weighted by Gasteiger charge is -2.29. The summed E-state index contributed by atoms with van der Waals surface area (Å²) in [6.45, 7) is 3.45. The zero-order valence-electron chi connectivity index (χ0n) is 22.5. The standard InChI is InChI=1S/C29H34Cl2N6O2/c1-4-39-28(38)26-21(25-22(31)13-18(30)14-24(25)34-26)16-32-15-17-9-11-19(12-10-17)33-29-35-23-8-6-5-7-20(23)27(36-29)37(2)3/h5-8,13-14,17,19,32,34H,4,9-12,15-16H2,1-3H3,(H,33,35,36). The molecule has 0 bridgehead atoms. The maximum atomic E-state index is 12.6. The Hall–Kier alpha value is -3.07. The van der Waals surface area contributed by atoms with Gasteiger partial charge in [0.05, 0.1) is 17.1 Å². The van der Waals surface area contributed by atoms with Crippen LogP contribution in [-0.2, 0) is 11.3 Å². The van der Waals surface area contributed by atoms with Crippen molar-refractivity contribution in [3.63, 3.8) is 0 Å². The highest BCUT2D eigenvalue weighted by atomic mass is 35.5. The van der Waals surface area contributed by atoms with Crippen molar-refractivity contribution < 1.29 is 9.53 Å². The molecule has 206 valence electrons. The van der Waals surface area contributed by atoms with Gasteiger partial charge in [-0.1, -0.05) is 35.3 Å². The van der Waals surface area contributed by atoms with Crippen molar-refractivity contribution >= 4 is 62.7 Å². The molecule has 2 aromatic heterocycles. The molecule has 2 heterocycles. The molecule has 2 aromatic carbocycles. The first-order chi connectivity index (χ1) is 18.8. The molecule has 0 spiro atoms. The largest absolute Gasteiger partial charge is 0.461 e. The molecule has 3 N–H and O–H groups in total. The lowest BCUT2D eigenvalue weighted by atomic mass is 9.86. The predicted octanol–water partition coefficient (Wildman–Crippen LogP) is 6.42. The topological polar surface area (TPSA) is 95.2 Å². The van der Waals surface area contributed by atoms with E-state index in [2.05, 4.69) is 21.7 Å². The van der Waals surface area contributed by atoms with Crippen LogP contribution in [0.3, 0.4) is 0 Å². The van der Waals surface area contributed by atoms with Crippen molar-refractivity contribution in [1.82, 2.24) is 20.3 Å². The molecule has 39 heavy (non-hydrogen) atoms. The van der Waals surface area contributed by atoms with E-state index in [4.69, 9.17) is 37.9 Å². The minimum absolute atomic E-state index is 0.299. The summed E-state index contributed by atoms with van der Waals surface area (Å²) in [5.41, 5.74) is 2.90. The second kappa shape index (κ2) is 12.0. The monoisotopic (exact) mass is 568 g/mol. The van der Waals surface area contributed by atoms with Crippen molar-refractivity contribution in [2.45, 2.75) is 45.2 Å². The summed E-state index contributed by atoms with van der Waals surface area (Å²) >= 11 is 12.7. The van der Waals surface area contributed by atoms with Crippen LogP contribution < -0.4 is 15.5 Å². The van der Waals surface area contributed by atoms with E-state index >= 15 is 0 Å². The Balaban J connectivity index is 1.20. The van der Waals surface area contributed by atoms with Gasteiger partial charge in [0.15, 0.2) is 0 Å². The predicted molar refractivity (Wildman–Crippen MR) is 159 cm³/mol. The van der Waals surface area contributed by atoms with Gasteiger partial charge in [-0.15, -0.1) is 0 Å². The number of ether oxygens (including phenoxy) is 1. The first-order valence-electron chi connectivity index (χ1n) is 13.4. The van der Waals surface area contributed by atoms with Crippen molar-refractivity contribution in [2.75, 3.05) is 37.5 Å². The maximum Gasteiger partial charge on any atom is 0.355 e. The van der Waals surface area contributed by atoms with Crippen LogP contribution in [0.15, 0.2) is 36.4 Å². The summed E-state index contributed by atoms with van der Waals surface area (Å²) < 4.78 is 5.28. The molecule has 10 heteroatoms. The number of anilines is 2. The lowest BCUT2D eigenvalue weighted by molar-refractivity contribution is 0.0519. The van der Waals surface area contributed by atoms with Crippen LogP contribution in [0.2, 0.25) is 10.0 Å². The molecule has 5 rings (SSSR count). The number of carbonyl (C=O) groups excluding carboxylic acids is 1. The lowest BCUT2D eigenvalue weighted by Crippen LogP contribution is -2.32. The number of para-hydroxylation sites is 1. The first-order valence-corrected chi connectivity index (χ1v) is 14.2. The molecule has 0 radical (unpaired) electrons. The molecule has 1 saturated carbocycles. The van der Waals surface area contributed by atoms with Crippen LogP contribution in [0.5, 0.6) is 0 Å². The molecule has 1 aliphatic rings. The Bertz CT molecular complexity index is 1480. The molecular formula is C29H34Cl2N6O2. The molecule has 1 fully saturated rings. The second-order valence-electron chi connectivity index (χ2n) is 10.3. The van der Waals surface area contributed by atoms with Gasteiger partial charge in [-0.3, -0.25) is 0 Å². The molecule has 0 atom stereocenters. The summed E-state index contributed by atoms with van der Waals surface area (Å²) in [4.78, 5) is 27.4. The Labute approximate surface area is 238 Å². The fourth-order valence-corrected chi connectivity index (χ4v) is 6.04. The maximum absolute atomic E-state index is 12.6. The quantitative estimate of drug-likeness (QED) is 0.200. The average Bonchev–Trinajstić information content (AvgIpc) is 3.28. The number of hydrogen-bond acceptors (Lipinski definition) is 7. The van der Waals surface area contributed by atoms with E-state index in [1.807, 2.05) is 37.2 Å². The average molecular weight is 570 g/mol. The van der Waals surface area contributed by atoms with E-state index in [1.165, 1.54) is 0 Å². The number of esters is 1. The number of rotatable bonds is 9. The molecule has 8 nitrogen and oxygen atoms in total. The molecule has 0 unspecified atom stereocenters. The number of nitrogens with zero attached hydrogens (tertiary/aromatic N) is 3. The number of aromatic nitrogens is 3. The zero-order valence-corrected chi connectivity index (χ0v) is 24.0. The van der Waals surface area contributed by atoms with Crippen LogP contribution in [-0.4, -0.2) is 54.2 Å².